The Balaban J connectivity index is 3.06. The van der Waals surface area contributed by atoms with Crippen LogP contribution >= 0.6 is 0 Å². The highest BCUT2D eigenvalue weighted by atomic mass is 16.6. The van der Waals surface area contributed by atoms with Crippen LogP contribution in [0.15, 0.2) is 12.7 Å². The molecular weight excluding hydrogens is 270 g/mol. The number of amides is 1. The minimum Gasteiger partial charge on any atom is -0.467 e. The fraction of sp³-hybridized carbons (Fsp3) is 0.750. The van der Waals surface area contributed by atoms with Crippen molar-refractivity contribution < 1.29 is 19.1 Å². The van der Waals surface area contributed by atoms with E-state index in [1.165, 1.54) is 7.11 Å². The number of hydrogen-bond acceptors (Lipinski definition) is 4. The van der Waals surface area contributed by atoms with Crippen molar-refractivity contribution in [1.82, 2.24) is 4.90 Å². The number of hydrogen-bond donors (Lipinski definition) is 0. The predicted molar refractivity (Wildman–Crippen MR) is 81.0 cm³/mol. The molecule has 0 aromatic heterocycles. The van der Waals surface area contributed by atoms with Crippen LogP contribution in [0.25, 0.3) is 0 Å². The van der Waals surface area contributed by atoms with Gasteiger partial charge in [-0.05, 0) is 52.9 Å². The van der Waals surface area contributed by atoms with Crippen molar-refractivity contribution in [3.8, 4) is 0 Å². The first-order chi connectivity index (χ1) is 9.77. The van der Waals surface area contributed by atoms with Crippen LogP contribution in [0, 0.1) is 0 Å². The second-order valence-electron chi connectivity index (χ2n) is 6.44. The number of esters is 1. The number of carbonyl (C=O) groups is 2. The molecular formula is C16H27NO4. The van der Waals surface area contributed by atoms with Crippen molar-refractivity contribution in [2.24, 2.45) is 0 Å². The predicted octanol–water partition coefficient (Wildman–Crippen LogP) is 3.29. The van der Waals surface area contributed by atoms with E-state index in [-0.39, 0.29) is 5.97 Å². The minimum atomic E-state index is -0.927. The summed E-state index contributed by atoms with van der Waals surface area (Å²) in [7, 11) is 1.36. The van der Waals surface area contributed by atoms with Crippen molar-refractivity contribution >= 4 is 12.1 Å². The van der Waals surface area contributed by atoms with Crippen LogP contribution in [0.2, 0.25) is 0 Å². The lowest BCUT2D eigenvalue weighted by atomic mass is 9.82. The van der Waals surface area contributed by atoms with Crippen LogP contribution in [0.5, 0.6) is 0 Å². The highest BCUT2D eigenvalue weighted by Crippen LogP contribution is 2.35. The van der Waals surface area contributed by atoms with Gasteiger partial charge in [0.05, 0.1) is 7.11 Å². The molecule has 0 N–H and O–H groups in total. The maximum absolute atomic E-state index is 12.5. The van der Waals surface area contributed by atoms with E-state index in [4.69, 9.17) is 9.47 Å². The van der Waals surface area contributed by atoms with Gasteiger partial charge in [0.2, 0.25) is 0 Å². The highest BCUT2D eigenvalue weighted by molar-refractivity contribution is 5.86. The average molecular weight is 297 g/mol. The standard InChI is InChI=1S/C16H27NO4/c1-6-7-10-16(13(18)20-5)11-8-9-12-17(16)14(19)21-15(2,3)4/h6H,1,7-12H2,2-5H3. The molecule has 0 aromatic rings. The first kappa shape index (κ1) is 17.5. The molecule has 1 aliphatic rings. The van der Waals surface area contributed by atoms with Crippen molar-refractivity contribution in [3.05, 3.63) is 12.7 Å². The fourth-order valence-electron chi connectivity index (χ4n) is 2.72. The van der Waals surface area contributed by atoms with Gasteiger partial charge in [-0.3, -0.25) is 4.90 Å². The Morgan fingerprint density at radius 2 is 2.00 bits per heavy atom. The zero-order valence-electron chi connectivity index (χ0n) is 13.6. The quantitative estimate of drug-likeness (QED) is 0.590. The van der Waals surface area contributed by atoms with Crippen molar-refractivity contribution in [2.75, 3.05) is 13.7 Å². The molecule has 0 aromatic carbocycles. The fourth-order valence-corrected chi connectivity index (χ4v) is 2.72. The third-order valence-electron chi connectivity index (χ3n) is 3.68. The molecule has 0 saturated carbocycles. The first-order valence-electron chi connectivity index (χ1n) is 7.47. The Morgan fingerprint density at radius 1 is 1.33 bits per heavy atom. The number of allylic oxidation sites excluding steroid dienone is 1. The Bertz CT molecular complexity index is 400. The third kappa shape index (κ3) is 4.22. The van der Waals surface area contributed by atoms with Crippen LogP contribution in [0.4, 0.5) is 4.79 Å². The summed E-state index contributed by atoms with van der Waals surface area (Å²) in [4.78, 5) is 26.4. The number of nitrogens with zero attached hydrogens (tertiary/aromatic N) is 1. The smallest absolute Gasteiger partial charge is 0.411 e. The second-order valence-corrected chi connectivity index (χ2v) is 6.44. The van der Waals surface area contributed by atoms with Gasteiger partial charge < -0.3 is 9.47 Å². The summed E-state index contributed by atoms with van der Waals surface area (Å²) in [6, 6.07) is 0. The average Bonchev–Trinajstić information content (AvgIpc) is 2.42. The van der Waals surface area contributed by atoms with E-state index in [0.29, 0.717) is 25.8 Å². The molecule has 21 heavy (non-hydrogen) atoms. The summed E-state index contributed by atoms with van der Waals surface area (Å²) in [6.07, 6.45) is 4.84. The summed E-state index contributed by atoms with van der Waals surface area (Å²) in [5.41, 5.74) is -1.52. The number of ether oxygens (including phenoxy) is 2. The van der Waals surface area contributed by atoms with Crippen molar-refractivity contribution in [2.45, 2.75) is 64.0 Å². The van der Waals surface area contributed by atoms with Crippen molar-refractivity contribution in [3.63, 3.8) is 0 Å². The molecule has 1 fully saturated rings. The lowest BCUT2D eigenvalue weighted by Gasteiger charge is -2.44. The molecule has 120 valence electrons. The monoisotopic (exact) mass is 297 g/mol. The van der Waals surface area contributed by atoms with Crippen LogP contribution in [0.1, 0.15) is 52.9 Å². The van der Waals surface area contributed by atoms with Gasteiger partial charge in [0, 0.05) is 6.54 Å². The van der Waals surface area contributed by atoms with E-state index >= 15 is 0 Å². The van der Waals surface area contributed by atoms with Gasteiger partial charge in [0.1, 0.15) is 11.1 Å². The van der Waals surface area contributed by atoms with Gasteiger partial charge in [0.15, 0.2) is 0 Å². The van der Waals surface area contributed by atoms with Gasteiger partial charge in [-0.25, -0.2) is 9.59 Å². The van der Waals surface area contributed by atoms with E-state index in [0.717, 1.165) is 12.8 Å². The van der Waals surface area contributed by atoms with Gasteiger partial charge in [-0.1, -0.05) is 6.08 Å². The highest BCUT2D eigenvalue weighted by Gasteiger charge is 2.49. The normalized spacial score (nSPS) is 22.6. The SMILES string of the molecule is C=CCCC1(C(=O)OC)CCCCN1C(=O)OC(C)(C)C. The summed E-state index contributed by atoms with van der Waals surface area (Å²) in [5.74, 6) is -0.366. The molecule has 1 amide bonds. The van der Waals surface area contributed by atoms with E-state index in [1.54, 1.807) is 11.0 Å². The third-order valence-corrected chi connectivity index (χ3v) is 3.68. The van der Waals surface area contributed by atoms with E-state index in [2.05, 4.69) is 6.58 Å². The Labute approximate surface area is 127 Å². The number of rotatable bonds is 4. The van der Waals surface area contributed by atoms with E-state index in [9.17, 15) is 9.59 Å². The van der Waals surface area contributed by atoms with Crippen LogP contribution in [-0.4, -0.2) is 41.8 Å². The summed E-state index contributed by atoms with van der Waals surface area (Å²) >= 11 is 0. The zero-order chi connectivity index (χ0) is 16.1. The number of piperidine rings is 1. The Hall–Kier alpha value is -1.52. The Kier molecular flexibility index (Phi) is 5.81. The topological polar surface area (TPSA) is 55.8 Å². The molecule has 0 spiro atoms. The molecule has 1 heterocycles. The number of carbonyl (C=O) groups excluding carboxylic acids is 2. The van der Waals surface area contributed by atoms with Crippen LogP contribution in [0.3, 0.4) is 0 Å². The molecule has 0 bridgehead atoms. The summed E-state index contributed by atoms with van der Waals surface area (Å²) in [5, 5.41) is 0. The van der Waals surface area contributed by atoms with Gasteiger partial charge in [0.25, 0.3) is 0 Å². The largest absolute Gasteiger partial charge is 0.467 e. The first-order valence-corrected chi connectivity index (χ1v) is 7.47. The maximum atomic E-state index is 12.5. The molecule has 1 unspecified atom stereocenters. The maximum Gasteiger partial charge on any atom is 0.411 e. The summed E-state index contributed by atoms with van der Waals surface area (Å²) in [6.45, 7) is 9.67. The molecule has 1 aliphatic heterocycles. The van der Waals surface area contributed by atoms with Gasteiger partial charge >= 0.3 is 12.1 Å². The lowest BCUT2D eigenvalue weighted by molar-refractivity contribution is -0.158. The molecule has 0 radical (unpaired) electrons. The molecule has 0 aliphatic carbocycles. The van der Waals surface area contributed by atoms with Crippen molar-refractivity contribution in [1.29, 1.82) is 0 Å². The molecule has 1 atom stereocenters. The molecule has 5 heteroatoms. The summed E-state index contributed by atoms with van der Waals surface area (Å²) < 4.78 is 10.4. The van der Waals surface area contributed by atoms with Crippen LogP contribution < -0.4 is 0 Å². The minimum absolute atomic E-state index is 0.366. The van der Waals surface area contributed by atoms with E-state index in [1.807, 2.05) is 20.8 Å². The molecule has 5 nitrogen and oxygen atoms in total. The molecule has 1 saturated heterocycles. The van der Waals surface area contributed by atoms with E-state index < -0.39 is 17.2 Å². The number of methoxy groups -OCH3 is 1. The zero-order valence-corrected chi connectivity index (χ0v) is 13.6. The van der Waals surface area contributed by atoms with Gasteiger partial charge in [-0.15, -0.1) is 6.58 Å². The Morgan fingerprint density at radius 3 is 2.52 bits per heavy atom. The number of likely N-dealkylation sites (tertiary alicyclic amines) is 1. The van der Waals surface area contributed by atoms with Gasteiger partial charge in [-0.2, -0.15) is 0 Å². The second kappa shape index (κ2) is 6.96. The molecule has 1 rings (SSSR count). The van der Waals surface area contributed by atoms with Crippen LogP contribution in [-0.2, 0) is 14.3 Å². The lowest BCUT2D eigenvalue weighted by Crippen LogP contribution is -2.60.